The van der Waals surface area contributed by atoms with Gasteiger partial charge >= 0.3 is 0 Å². The maximum atomic E-state index is 14.1. The predicted molar refractivity (Wildman–Crippen MR) is 150 cm³/mol. The smallest absolute Gasteiger partial charge is 0.260 e. The molecule has 39 heavy (non-hydrogen) atoms. The predicted octanol–water partition coefficient (Wildman–Crippen LogP) is 6.41. The Morgan fingerprint density at radius 2 is 1.67 bits per heavy atom. The van der Waals surface area contributed by atoms with Gasteiger partial charge in [0.25, 0.3) is 5.91 Å². The lowest BCUT2D eigenvalue weighted by Gasteiger charge is -2.39. The summed E-state index contributed by atoms with van der Waals surface area (Å²) in [5.74, 6) is -0.337. The van der Waals surface area contributed by atoms with Crippen LogP contribution in [0.15, 0.2) is 91.1 Å². The average molecular weight is 546 g/mol. The number of rotatable bonds is 9. The number of carbonyl (C=O) groups excluding carboxylic acids is 2. The fourth-order valence-corrected chi connectivity index (χ4v) is 5.00. The van der Waals surface area contributed by atoms with Crippen molar-refractivity contribution >= 4 is 29.1 Å². The van der Waals surface area contributed by atoms with Gasteiger partial charge in [0.05, 0.1) is 17.1 Å². The molecule has 5 rings (SSSR count). The van der Waals surface area contributed by atoms with E-state index in [-0.39, 0.29) is 30.8 Å². The highest BCUT2D eigenvalue weighted by Crippen LogP contribution is 2.42. The molecule has 2 heterocycles. The Hall–Kier alpha value is -4.10. The van der Waals surface area contributed by atoms with Gasteiger partial charge in [-0.05, 0) is 72.6 Å². The van der Waals surface area contributed by atoms with Gasteiger partial charge in [-0.25, -0.2) is 4.39 Å². The van der Waals surface area contributed by atoms with Crippen molar-refractivity contribution in [2.24, 2.45) is 0 Å². The van der Waals surface area contributed by atoms with Gasteiger partial charge in [0.1, 0.15) is 24.2 Å². The number of amides is 2. The zero-order chi connectivity index (χ0) is 27.4. The summed E-state index contributed by atoms with van der Waals surface area (Å²) in [7, 11) is 0. The van der Waals surface area contributed by atoms with Gasteiger partial charge in [-0.3, -0.25) is 14.5 Å². The molecular weight excluding hydrogens is 517 g/mol. The molecular formula is C31H29ClFN3O3. The lowest BCUT2D eigenvalue weighted by Crippen LogP contribution is -2.48. The molecule has 0 N–H and O–H groups in total. The third-order valence-electron chi connectivity index (χ3n) is 6.81. The van der Waals surface area contributed by atoms with Crippen LogP contribution in [0.5, 0.6) is 5.75 Å². The molecule has 200 valence electrons. The number of hydrogen-bond acceptors (Lipinski definition) is 3. The van der Waals surface area contributed by atoms with E-state index in [9.17, 15) is 14.0 Å². The molecule has 3 aromatic carbocycles. The Morgan fingerprint density at radius 1 is 0.949 bits per heavy atom. The minimum atomic E-state index is -0.489. The van der Waals surface area contributed by atoms with Crippen molar-refractivity contribution < 1.29 is 18.7 Å². The normalized spacial score (nSPS) is 13.9. The molecule has 0 bridgehead atoms. The molecule has 4 aromatic rings. The molecule has 0 radical (unpaired) electrons. The highest BCUT2D eigenvalue weighted by Gasteiger charge is 2.37. The summed E-state index contributed by atoms with van der Waals surface area (Å²) >= 11 is 5.94. The van der Waals surface area contributed by atoms with Crippen molar-refractivity contribution in [3.8, 4) is 11.4 Å². The van der Waals surface area contributed by atoms with E-state index >= 15 is 0 Å². The van der Waals surface area contributed by atoms with E-state index in [0.717, 1.165) is 35.5 Å². The number of aromatic nitrogens is 1. The summed E-state index contributed by atoms with van der Waals surface area (Å²) in [5, 5.41) is 0.576. The van der Waals surface area contributed by atoms with Crippen LogP contribution in [0.3, 0.4) is 0 Å². The van der Waals surface area contributed by atoms with Crippen molar-refractivity contribution in [1.29, 1.82) is 0 Å². The van der Waals surface area contributed by atoms with Gasteiger partial charge in [-0.1, -0.05) is 49.2 Å². The number of anilines is 1. The first kappa shape index (κ1) is 26.5. The molecule has 0 aliphatic carbocycles. The lowest BCUT2D eigenvalue weighted by molar-refractivity contribution is -0.137. The number of para-hydroxylation sites is 2. The maximum Gasteiger partial charge on any atom is 0.260 e. The van der Waals surface area contributed by atoms with Gasteiger partial charge in [-0.2, -0.15) is 0 Å². The van der Waals surface area contributed by atoms with Crippen molar-refractivity contribution in [2.45, 2.75) is 25.8 Å². The van der Waals surface area contributed by atoms with E-state index in [1.54, 1.807) is 46.2 Å². The second kappa shape index (κ2) is 11.7. The SMILES string of the molecule is CCCCN(CC(=O)N1c2ccccc2-n2cccc2C1c1ccc(F)cc1)C(=O)COc1ccc(Cl)cc1. The Labute approximate surface area is 232 Å². The highest BCUT2D eigenvalue weighted by molar-refractivity contribution is 6.30. The van der Waals surface area contributed by atoms with Crippen molar-refractivity contribution in [3.05, 3.63) is 113 Å². The molecule has 2 amide bonds. The first-order valence-electron chi connectivity index (χ1n) is 13.0. The van der Waals surface area contributed by atoms with Crippen LogP contribution < -0.4 is 9.64 Å². The summed E-state index contributed by atoms with van der Waals surface area (Å²) < 4.78 is 21.6. The number of benzene rings is 3. The molecule has 1 atom stereocenters. The molecule has 1 aliphatic heterocycles. The molecule has 0 saturated carbocycles. The molecule has 1 unspecified atom stereocenters. The summed E-state index contributed by atoms with van der Waals surface area (Å²) in [6, 6.07) is 24.1. The molecule has 1 aromatic heterocycles. The van der Waals surface area contributed by atoms with Crippen LogP contribution in [0.1, 0.15) is 37.1 Å². The van der Waals surface area contributed by atoms with E-state index in [1.165, 1.54) is 12.1 Å². The first-order valence-corrected chi connectivity index (χ1v) is 13.3. The topological polar surface area (TPSA) is 54.8 Å². The van der Waals surface area contributed by atoms with Crippen LogP contribution in [-0.4, -0.2) is 41.0 Å². The number of halogens is 2. The van der Waals surface area contributed by atoms with E-state index in [4.69, 9.17) is 16.3 Å². The van der Waals surface area contributed by atoms with Gasteiger partial charge in [0.15, 0.2) is 6.61 Å². The standard InChI is InChI=1S/C31H29ClFN3O3/c1-2-3-18-34(30(38)21-39-25-16-12-23(32)13-17-25)20-29(37)36-27-8-5-4-7-26(27)35-19-6-9-28(35)31(36)22-10-14-24(33)15-11-22/h4-17,19,31H,2-3,18,20-21H2,1H3. The maximum absolute atomic E-state index is 14.1. The average Bonchev–Trinajstić information content (AvgIpc) is 3.44. The number of hydrogen-bond donors (Lipinski definition) is 0. The molecule has 8 heteroatoms. The van der Waals surface area contributed by atoms with E-state index in [0.29, 0.717) is 17.3 Å². The second-order valence-corrected chi connectivity index (χ2v) is 9.86. The largest absolute Gasteiger partial charge is 0.484 e. The van der Waals surface area contributed by atoms with Gasteiger partial charge in [0.2, 0.25) is 5.91 Å². The number of fused-ring (bicyclic) bond motifs is 3. The van der Waals surface area contributed by atoms with Gasteiger partial charge < -0.3 is 14.2 Å². The third kappa shape index (κ3) is 5.68. The number of unbranched alkanes of at least 4 members (excludes halogenated alkanes) is 1. The Kier molecular flexibility index (Phi) is 7.98. The lowest BCUT2D eigenvalue weighted by atomic mass is 9.97. The fraction of sp³-hybridized carbons (Fsp3) is 0.226. The van der Waals surface area contributed by atoms with Crippen LogP contribution in [0.2, 0.25) is 5.02 Å². The van der Waals surface area contributed by atoms with E-state index in [1.807, 2.05) is 54.1 Å². The Balaban J connectivity index is 1.45. The first-order chi connectivity index (χ1) is 19.0. The summed E-state index contributed by atoms with van der Waals surface area (Å²) in [6.45, 7) is 2.15. The quantitative estimate of drug-likeness (QED) is 0.244. The summed E-state index contributed by atoms with van der Waals surface area (Å²) in [4.78, 5) is 30.7. The number of nitrogens with zero attached hydrogens (tertiary/aromatic N) is 3. The molecule has 0 fully saturated rings. The zero-order valence-corrected chi connectivity index (χ0v) is 22.4. The van der Waals surface area contributed by atoms with Crippen LogP contribution in [0, 0.1) is 5.82 Å². The van der Waals surface area contributed by atoms with Crippen LogP contribution in [0.4, 0.5) is 10.1 Å². The van der Waals surface area contributed by atoms with Gasteiger partial charge in [-0.15, -0.1) is 0 Å². The zero-order valence-electron chi connectivity index (χ0n) is 21.6. The molecule has 0 spiro atoms. The minimum Gasteiger partial charge on any atom is -0.484 e. The number of ether oxygens (including phenoxy) is 1. The summed E-state index contributed by atoms with van der Waals surface area (Å²) in [5.41, 5.74) is 3.24. The number of carbonyl (C=O) groups is 2. The molecule has 6 nitrogen and oxygen atoms in total. The minimum absolute atomic E-state index is 0.116. The molecule has 1 aliphatic rings. The van der Waals surface area contributed by atoms with Crippen molar-refractivity contribution in [1.82, 2.24) is 9.47 Å². The monoisotopic (exact) mass is 545 g/mol. The molecule has 0 saturated heterocycles. The Morgan fingerprint density at radius 3 is 2.38 bits per heavy atom. The summed E-state index contributed by atoms with van der Waals surface area (Å²) in [6.07, 6.45) is 3.58. The van der Waals surface area contributed by atoms with Crippen LogP contribution in [0.25, 0.3) is 5.69 Å². The van der Waals surface area contributed by atoms with Crippen molar-refractivity contribution in [2.75, 3.05) is 24.6 Å². The van der Waals surface area contributed by atoms with Crippen molar-refractivity contribution in [3.63, 3.8) is 0 Å². The van der Waals surface area contributed by atoms with E-state index < -0.39 is 6.04 Å². The highest BCUT2D eigenvalue weighted by atomic mass is 35.5. The van der Waals surface area contributed by atoms with Crippen LogP contribution in [-0.2, 0) is 9.59 Å². The third-order valence-corrected chi connectivity index (χ3v) is 7.06. The second-order valence-electron chi connectivity index (χ2n) is 9.42. The van der Waals surface area contributed by atoms with Crippen LogP contribution >= 0.6 is 11.6 Å². The van der Waals surface area contributed by atoms with E-state index in [2.05, 4.69) is 0 Å². The van der Waals surface area contributed by atoms with Gasteiger partial charge in [0, 0.05) is 17.8 Å². The Bertz CT molecular complexity index is 1450. The fourth-order valence-electron chi connectivity index (χ4n) is 4.87.